The van der Waals surface area contributed by atoms with Gasteiger partial charge in [-0.1, -0.05) is 23.7 Å². The summed E-state index contributed by atoms with van der Waals surface area (Å²) in [7, 11) is 0. The molecular formula is C17H18ClNO2. The van der Waals surface area contributed by atoms with E-state index in [1.54, 1.807) is 0 Å². The van der Waals surface area contributed by atoms with Gasteiger partial charge in [0.2, 0.25) is 0 Å². The smallest absolute Gasteiger partial charge is 0.124 e. The molecule has 0 radical (unpaired) electrons. The van der Waals surface area contributed by atoms with Crippen LogP contribution in [0.2, 0.25) is 5.02 Å². The maximum atomic E-state index is 6.20. The van der Waals surface area contributed by atoms with Crippen LogP contribution in [0.15, 0.2) is 42.5 Å². The summed E-state index contributed by atoms with van der Waals surface area (Å²) in [5.41, 5.74) is 8.75. The molecule has 2 aromatic rings. The molecular weight excluding hydrogens is 286 g/mol. The van der Waals surface area contributed by atoms with Crippen LogP contribution in [-0.2, 0) is 11.2 Å². The zero-order chi connectivity index (χ0) is 14.7. The van der Waals surface area contributed by atoms with Gasteiger partial charge in [0.1, 0.15) is 11.9 Å². The maximum absolute atomic E-state index is 6.20. The van der Waals surface area contributed by atoms with E-state index < -0.39 is 0 Å². The van der Waals surface area contributed by atoms with Crippen LogP contribution >= 0.6 is 11.6 Å². The van der Waals surface area contributed by atoms with Gasteiger partial charge >= 0.3 is 0 Å². The van der Waals surface area contributed by atoms with Crippen LogP contribution in [0.25, 0.3) is 0 Å². The first-order chi connectivity index (χ1) is 10.2. The highest BCUT2D eigenvalue weighted by atomic mass is 35.5. The van der Waals surface area contributed by atoms with Gasteiger partial charge in [0.05, 0.1) is 13.2 Å². The number of nitrogen functional groups attached to an aromatic ring is 1. The van der Waals surface area contributed by atoms with Crippen LogP contribution in [0.5, 0.6) is 5.75 Å². The minimum atomic E-state index is 0.180. The van der Waals surface area contributed by atoms with Crippen LogP contribution in [0, 0.1) is 0 Å². The van der Waals surface area contributed by atoms with E-state index in [4.69, 9.17) is 26.8 Å². The fourth-order valence-electron chi connectivity index (χ4n) is 2.43. The third-order valence-electron chi connectivity index (χ3n) is 3.58. The Morgan fingerprint density at radius 1 is 1.19 bits per heavy atom. The van der Waals surface area contributed by atoms with Crippen molar-refractivity contribution < 1.29 is 9.47 Å². The molecule has 3 nitrogen and oxygen atoms in total. The van der Waals surface area contributed by atoms with E-state index >= 15 is 0 Å². The van der Waals surface area contributed by atoms with Crippen molar-refractivity contribution in [3.8, 4) is 5.75 Å². The first-order valence-corrected chi connectivity index (χ1v) is 7.46. The van der Waals surface area contributed by atoms with Crippen molar-refractivity contribution in [2.45, 2.75) is 18.9 Å². The van der Waals surface area contributed by atoms with Gasteiger partial charge in [0.25, 0.3) is 0 Å². The number of hydrogen-bond acceptors (Lipinski definition) is 3. The predicted octanol–water partition coefficient (Wildman–Crippen LogP) is 3.68. The van der Waals surface area contributed by atoms with Gasteiger partial charge < -0.3 is 15.2 Å². The molecule has 21 heavy (non-hydrogen) atoms. The van der Waals surface area contributed by atoms with Crippen molar-refractivity contribution in [3.05, 3.63) is 58.6 Å². The lowest BCUT2D eigenvalue weighted by Crippen LogP contribution is -2.15. The second kappa shape index (κ2) is 6.37. The largest absolute Gasteiger partial charge is 0.488 e. The lowest BCUT2D eigenvalue weighted by molar-refractivity contribution is 0.141. The second-order valence-electron chi connectivity index (χ2n) is 5.28. The molecule has 0 spiro atoms. The molecule has 2 aromatic carbocycles. The van der Waals surface area contributed by atoms with E-state index in [2.05, 4.69) is 12.1 Å². The Bertz CT molecular complexity index is 607. The van der Waals surface area contributed by atoms with Gasteiger partial charge in [-0.05, 0) is 47.9 Å². The topological polar surface area (TPSA) is 44.5 Å². The molecule has 1 unspecified atom stereocenters. The molecule has 1 fully saturated rings. The molecule has 0 aliphatic carbocycles. The summed E-state index contributed by atoms with van der Waals surface area (Å²) in [6.45, 7) is 1.47. The van der Waals surface area contributed by atoms with E-state index in [0.717, 1.165) is 41.5 Å². The number of rotatable bonds is 4. The average molecular weight is 304 g/mol. The molecule has 0 saturated carbocycles. The minimum Gasteiger partial charge on any atom is -0.488 e. The molecule has 1 saturated heterocycles. The van der Waals surface area contributed by atoms with Crippen LogP contribution in [0.3, 0.4) is 0 Å². The Kier molecular flexibility index (Phi) is 4.32. The van der Waals surface area contributed by atoms with Crippen molar-refractivity contribution in [1.82, 2.24) is 0 Å². The minimum absolute atomic E-state index is 0.180. The molecule has 0 bridgehead atoms. The summed E-state index contributed by atoms with van der Waals surface area (Å²) in [5, 5.41) is 0.743. The zero-order valence-electron chi connectivity index (χ0n) is 11.7. The molecule has 1 heterocycles. The number of hydrogen-bond donors (Lipinski definition) is 1. The van der Waals surface area contributed by atoms with Crippen molar-refractivity contribution >= 4 is 17.3 Å². The molecule has 1 aliphatic heterocycles. The fraction of sp³-hybridized carbons (Fsp3) is 0.294. The molecule has 0 aromatic heterocycles. The van der Waals surface area contributed by atoms with Crippen molar-refractivity contribution in [1.29, 1.82) is 0 Å². The van der Waals surface area contributed by atoms with Gasteiger partial charge in [-0.25, -0.2) is 0 Å². The van der Waals surface area contributed by atoms with E-state index in [0.29, 0.717) is 6.61 Å². The Balaban J connectivity index is 1.67. The molecule has 1 atom stereocenters. The highest BCUT2D eigenvalue weighted by Crippen LogP contribution is 2.23. The highest BCUT2D eigenvalue weighted by molar-refractivity contribution is 6.31. The summed E-state index contributed by atoms with van der Waals surface area (Å²) >= 11 is 6.20. The maximum Gasteiger partial charge on any atom is 0.124 e. The van der Waals surface area contributed by atoms with Gasteiger partial charge in [0.15, 0.2) is 0 Å². The SMILES string of the molecule is Nc1ccc(Cl)c(Cc2ccc(OC3CCOC3)cc2)c1. The lowest BCUT2D eigenvalue weighted by Gasteiger charge is -2.12. The summed E-state index contributed by atoms with van der Waals surface area (Å²) < 4.78 is 11.2. The fourth-order valence-corrected chi connectivity index (χ4v) is 2.62. The standard InChI is InChI=1S/C17H18ClNO2/c18-17-6-3-14(19)10-13(17)9-12-1-4-15(5-2-12)21-16-7-8-20-11-16/h1-6,10,16H,7-9,11,19H2. The summed E-state index contributed by atoms with van der Waals surface area (Å²) in [6, 6.07) is 13.7. The Morgan fingerprint density at radius 2 is 2.00 bits per heavy atom. The number of benzene rings is 2. The number of anilines is 1. The summed E-state index contributed by atoms with van der Waals surface area (Å²) in [5.74, 6) is 0.882. The number of halogens is 1. The quantitative estimate of drug-likeness (QED) is 0.876. The first kappa shape index (κ1) is 14.2. The van der Waals surface area contributed by atoms with Crippen LogP contribution in [-0.4, -0.2) is 19.3 Å². The van der Waals surface area contributed by atoms with Crippen molar-refractivity contribution in [2.24, 2.45) is 0 Å². The number of nitrogens with two attached hydrogens (primary N) is 1. The molecule has 110 valence electrons. The van der Waals surface area contributed by atoms with E-state index in [9.17, 15) is 0 Å². The van der Waals surface area contributed by atoms with E-state index in [-0.39, 0.29) is 6.10 Å². The van der Waals surface area contributed by atoms with Crippen LogP contribution in [0.4, 0.5) is 5.69 Å². The molecule has 0 amide bonds. The third kappa shape index (κ3) is 3.69. The summed E-state index contributed by atoms with van der Waals surface area (Å²) in [6.07, 6.45) is 1.90. The average Bonchev–Trinajstić information content (AvgIpc) is 2.98. The van der Waals surface area contributed by atoms with E-state index in [1.165, 1.54) is 5.56 Å². The third-order valence-corrected chi connectivity index (χ3v) is 3.95. The van der Waals surface area contributed by atoms with E-state index in [1.807, 2.05) is 30.3 Å². The lowest BCUT2D eigenvalue weighted by atomic mass is 10.0. The van der Waals surface area contributed by atoms with Gasteiger partial charge in [-0.15, -0.1) is 0 Å². The normalized spacial score (nSPS) is 17.9. The highest BCUT2D eigenvalue weighted by Gasteiger charge is 2.16. The van der Waals surface area contributed by atoms with Crippen LogP contribution < -0.4 is 10.5 Å². The van der Waals surface area contributed by atoms with Crippen LogP contribution in [0.1, 0.15) is 17.5 Å². The van der Waals surface area contributed by atoms with Crippen molar-refractivity contribution in [3.63, 3.8) is 0 Å². The molecule has 2 N–H and O–H groups in total. The van der Waals surface area contributed by atoms with Crippen molar-refractivity contribution in [2.75, 3.05) is 18.9 Å². The number of ether oxygens (including phenoxy) is 2. The zero-order valence-corrected chi connectivity index (χ0v) is 12.5. The predicted molar refractivity (Wildman–Crippen MR) is 85.0 cm³/mol. The molecule has 1 aliphatic rings. The van der Waals surface area contributed by atoms with Gasteiger partial charge in [-0.3, -0.25) is 0 Å². The Morgan fingerprint density at radius 3 is 2.71 bits per heavy atom. The monoisotopic (exact) mass is 303 g/mol. The second-order valence-corrected chi connectivity index (χ2v) is 5.68. The Hall–Kier alpha value is -1.71. The molecule has 4 heteroatoms. The first-order valence-electron chi connectivity index (χ1n) is 7.08. The Labute approximate surface area is 129 Å². The van der Waals surface area contributed by atoms with Gasteiger partial charge in [-0.2, -0.15) is 0 Å². The van der Waals surface area contributed by atoms with Gasteiger partial charge in [0, 0.05) is 17.1 Å². The summed E-state index contributed by atoms with van der Waals surface area (Å²) in [4.78, 5) is 0. The molecule has 3 rings (SSSR count).